The highest BCUT2D eigenvalue weighted by atomic mass is 79.9. The van der Waals surface area contributed by atoms with Crippen LogP contribution in [-0.4, -0.2) is 21.4 Å². The number of nitrogens with zero attached hydrogens (tertiary/aromatic N) is 3. The van der Waals surface area contributed by atoms with Crippen LogP contribution in [-0.2, 0) is 5.75 Å². The zero-order chi connectivity index (χ0) is 19.3. The molecule has 7 nitrogen and oxygen atoms in total. The van der Waals surface area contributed by atoms with Crippen LogP contribution in [0.2, 0.25) is 0 Å². The Balaban J connectivity index is 2.20. The fourth-order valence-electron chi connectivity index (χ4n) is 2.32. The van der Waals surface area contributed by atoms with Gasteiger partial charge in [0.2, 0.25) is 0 Å². The minimum absolute atomic E-state index is 0.0773. The monoisotopic (exact) mass is 436 g/mol. The Morgan fingerprint density at radius 1 is 1.35 bits per heavy atom. The second kappa shape index (κ2) is 8.81. The van der Waals surface area contributed by atoms with E-state index in [9.17, 15) is 15.2 Å². The first-order chi connectivity index (χ1) is 12.3. The molecule has 0 atom stereocenters. The summed E-state index contributed by atoms with van der Waals surface area (Å²) in [4.78, 5) is 10.8. The van der Waals surface area contributed by atoms with E-state index in [4.69, 9.17) is 5.73 Å². The summed E-state index contributed by atoms with van der Waals surface area (Å²) in [5, 5.41) is 29.5. The second-order valence-electron chi connectivity index (χ2n) is 5.39. The Labute approximate surface area is 163 Å². The summed E-state index contributed by atoms with van der Waals surface area (Å²) in [6.45, 7) is 3.11. The molecule has 0 aromatic heterocycles. The summed E-state index contributed by atoms with van der Waals surface area (Å²) >= 11 is 4.49. The smallest absolute Gasteiger partial charge is 0.277 e. The average Bonchev–Trinajstić information content (AvgIpc) is 2.61. The summed E-state index contributed by atoms with van der Waals surface area (Å²) < 4.78 is 0.256. The maximum atomic E-state index is 11.3. The van der Waals surface area contributed by atoms with Crippen LogP contribution in [0.25, 0.3) is 0 Å². The summed E-state index contributed by atoms with van der Waals surface area (Å²) in [5.74, 6) is 0.525. The van der Waals surface area contributed by atoms with Gasteiger partial charge in [0.05, 0.1) is 15.6 Å². The van der Waals surface area contributed by atoms with Crippen molar-refractivity contribution in [3.63, 3.8) is 0 Å². The number of phenols is 1. The summed E-state index contributed by atoms with van der Waals surface area (Å²) in [6.07, 6.45) is 1.26. The van der Waals surface area contributed by atoms with E-state index in [1.54, 1.807) is 13.8 Å². The molecule has 0 unspecified atom stereocenters. The number of benzene rings is 2. The van der Waals surface area contributed by atoms with E-state index in [0.29, 0.717) is 16.9 Å². The third kappa shape index (κ3) is 4.61. The van der Waals surface area contributed by atoms with Crippen LogP contribution in [0.1, 0.15) is 22.3 Å². The van der Waals surface area contributed by atoms with Crippen LogP contribution >= 0.6 is 27.7 Å². The lowest BCUT2D eigenvalue weighted by atomic mass is 10.0. The van der Waals surface area contributed by atoms with Crippen LogP contribution in [0.5, 0.6) is 5.75 Å². The molecule has 0 radical (unpaired) electrons. The van der Waals surface area contributed by atoms with Gasteiger partial charge >= 0.3 is 0 Å². The molecule has 0 fully saturated rings. The van der Waals surface area contributed by atoms with Gasteiger partial charge in [-0.25, -0.2) is 0 Å². The summed E-state index contributed by atoms with van der Waals surface area (Å²) in [7, 11) is 0. The number of hydrogen-bond donors (Lipinski definition) is 2. The van der Waals surface area contributed by atoms with Gasteiger partial charge in [-0.2, -0.15) is 5.10 Å². The Bertz CT molecular complexity index is 886. The van der Waals surface area contributed by atoms with Gasteiger partial charge in [0.1, 0.15) is 5.75 Å². The lowest BCUT2D eigenvalue weighted by molar-refractivity contribution is -0.386. The highest BCUT2D eigenvalue weighted by molar-refractivity contribution is 9.10. The van der Waals surface area contributed by atoms with Crippen LogP contribution in [0.15, 0.2) is 45.0 Å². The van der Waals surface area contributed by atoms with Crippen molar-refractivity contribution in [2.75, 3.05) is 0 Å². The number of aromatic hydroxyl groups is 1. The van der Waals surface area contributed by atoms with Gasteiger partial charge in [-0.1, -0.05) is 42.1 Å². The molecule has 0 heterocycles. The van der Waals surface area contributed by atoms with E-state index < -0.39 is 4.92 Å². The van der Waals surface area contributed by atoms with Crippen molar-refractivity contribution in [3.8, 4) is 5.75 Å². The Hall–Kier alpha value is -2.39. The number of amidine groups is 1. The SMILES string of the molecule is Cc1c(Br)c(O)c(C=NN=C(N)SCc2ccccc2)c(C)c1[N+](=O)[O-]. The van der Waals surface area contributed by atoms with Crippen LogP contribution in [0, 0.1) is 24.0 Å². The van der Waals surface area contributed by atoms with Gasteiger partial charge in [0, 0.05) is 22.4 Å². The minimum atomic E-state index is -0.487. The van der Waals surface area contributed by atoms with Crippen LogP contribution < -0.4 is 5.73 Å². The number of nitrogens with two attached hydrogens (primary N) is 1. The van der Waals surface area contributed by atoms with Crippen molar-refractivity contribution in [1.82, 2.24) is 0 Å². The van der Waals surface area contributed by atoms with Gasteiger partial charge < -0.3 is 10.8 Å². The van der Waals surface area contributed by atoms with Crippen molar-refractivity contribution < 1.29 is 10.0 Å². The summed E-state index contributed by atoms with van der Waals surface area (Å²) in [6, 6.07) is 9.77. The highest BCUT2D eigenvalue weighted by Gasteiger charge is 2.24. The van der Waals surface area contributed by atoms with Gasteiger partial charge in [-0.3, -0.25) is 10.1 Å². The van der Waals surface area contributed by atoms with Crippen LogP contribution in [0.4, 0.5) is 5.69 Å². The molecule has 26 heavy (non-hydrogen) atoms. The maximum Gasteiger partial charge on any atom is 0.277 e. The Morgan fingerprint density at radius 2 is 2.00 bits per heavy atom. The minimum Gasteiger partial charge on any atom is -0.506 e. The van der Waals surface area contributed by atoms with E-state index in [1.165, 1.54) is 18.0 Å². The normalized spacial score (nSPS) is 11.9. The standard InChI is InChI=1S/C17H17BrN4O3S/c1-10-13(16(23)14(18)11(2)15(10)22(24)25)8-20-21-17(19)26-9-12-6-4-3-5-7-12/h3-8,23H,9H2,1-2H3,(H2,19,21). The molecule has 0 aliphatic carbocycles. The number of hydrogen-bond acceptors (Lipinski definition) is 6. The zero-order valence-electron chi connectivity index (χ0n) is 14.1. The molecule has 136 valence electrons. The Kier molecular flexibility index (Phi) is 6.76. The van der Waals surface area contributed by atoms with Gasteiger partial charge in [0.25, 0.3) is 5.69 Å². The lowest BCUT2D eigenvalue weighted by Crippen LogP contribution is -2.06. The van der Waals surface area contributed by atoms with E-state index in [2.05, 4.69) is 26.1 Å². The van der Waals surface area contributed by atoms with Crippen molar-refractivity contribution >= 4 is 44.8 Å². The first-order valence-electron chi connectivity index (χ1n) is 7.52. The number of nitro benzene ring substituents is 1. The number of phenolic OH excluding ortho intramolecular Hbond substituents is 1. The third-order valence-electron chi connectivity index (χ3n) is 3.66. The molecule has 0 aliphatic heterocycles. The molecule has 2 aromatic carbocycles. The number of halogens is 1. The molecular weight excluding hydrogens is 420 g/mol. The summed E-state index contributed by atoms with van der Waals surface area (Å²) in [5.41, 5.74) is 7.72. The maximum absolute atomic E-state index is 11.3. The number of thioether (sulfide) groups is 1. The van der Waals surface area contributed by atoms with E-state index in [0.717, 1.165) is 5.56 Å². The fourth-order valence-corrected chi connectivity index (χ4v) is 3.34. The molecule has 0 amide bonds. The quantitative estimate of drug-likeness (QED) is 0.314. The zero-order valence-corrected chi connectivity index (χ0v) is 16.5. The van der Waals surface area contributed by atoms with Gasteiger partial charge in [0.15, 0.2) is 5.17 Å². The molecule has 0 aliphatic rings. The molecular formula is C17H17BrN4O3S. The molecule has 0 saturated heterocycles. The predicted molar refractivity (Wildman–Crippen MR) is 109 cm³/mol. The number of nitro groups is 1. The van der Waals surface area contributed by atoms with Crippen molar-refractivity contribution in [1.29, 1.82) is 0 Å². The van der Waals surface area contributed by atoms with Crippen LogP contribution in [0.3, 0.4) is 0 Å². The predicted octanol–water partition coefficient (Wildman–Crippen LogP) is 4.26. The Morgan fingerprint density at radius 3 is 2.62 bits per heavy atom. The van der Waals surface area contributed by atoms with Crippen molar-refractivity contribution in [2.24, 2.45) is 15.9 Å². The first kappa shape index (κ1) is 19.9. The van der Waals surface area contributed by atoms with Crippen molar-refractivity contribution in [2.45, 2.75) is 19.6 Å². The van der Waals surface area contributed by atoms with E-state index in [1.807, 2.05) is 30.3 Å². The first-order valence-corrected chi connectivity index (χ1v) is 9.30. The van der Waals surface area contributed by atoms with Crippen molar-refractivity contribution in [3.05, 3.63) is 67.2 Å². The molecule has 2 aromatic rings. The molecule has 2 rings (SSSR count). The van der Waals surface area contributed by atoms with E-state index >= 15 is 0 Å². The highest BCUT2D eigenvalue weighted by Crippen LogP contribution is 2.39. The molecule has 3 N–H and O–H groups in total. The molecule has 0 bridgehead atoms. The second-order valence-corrected chi connectivity index (χ2v) is 7.18. The largest absolute Gasteiger partial charge is 0.506 e. The lowest BCUT2D eigenvalue weighted by Gasteiger charge is -2.10. The molecule has 0 spiro atoms. The fraction of sp³-hybridized carbons (Fsp3) is 0.176. The average molecular weight is 437 g/mol. The van der Waals surface area contributed by atoms with E-state index in [-0.39, 0.29) is 26.6 Å². The van der Waals surface area contributed by atoms with Gasteiger partial charge in [-0.05, 0) is 35.3 Å². The molecule has 9 heteroatoms. The topological polar surface area (TPSA) is 114 Å². The van der Waals surface area contributed by atoms with Gasteiger partial charge in [-0.15, -0.1) is 5.10 Å². The molecule has 0 saturated carbocycles. The third-order valence-corrected chi connectivity index (χ3v) is 5.49. The number of rotatable bonds is 5.